The van der Waals surface area contributed by atoms with Crippen LogP contribution < -0.4 is 9.64 Å². The molecule has 1 fully saturated rings. The van der Waals surface area contributed by atoms with Gasteiger partial charge in [0.15, 0.2) is 0 Å². The van der Waals surface area contributed by atoms with Crippen molar-refractivity contribution in [2.24, 2.45) is 5.41 Å². The van der Waals surface area contributed by atoms with Gasteiger partial charge >= 0.3 is 5.97 Å². The van der Waals surface area contributed by atoms with Crippen molar-refractivity contribution in [3.63, 3.8) is 0 Å². The van der Waals surface area contributed by atoms with Crippen LogP contribution in [0, 0.1) is 19.3 Å². The largest absolute Gasteiger partial charge is 0.488 e. The third-order valence-electron chi connectivity index (χ3n) is 6.43. The molecule has 0 saturated carbocycles. The first-order chi connectivity index (χ1) is 15.7. The average molecular weight is 466 g/mol. The Balaban J connectivity index is 1.71. The number of hydrogen-bond acceptors (Lipinski definition) is 6. The molecule has 1 aliphatic heterocycles. The SMILES string of the molecule is Cc1nc(C)c(-c2ccc(OCc3cncs3)cc2)c(N2CCC(C)(C)CC2)c1CC(=O)O. The zero-order chi connectivity index (χ0) is 23.6. The van der Waals surface area contributed by atoms with Crippen LogP contribution in [0.5, 0.6) is 5.75 Å². The van der Waals surface area contributed by atoms with E-state index in [1.807, 2.05) is 44.3 Å². The fraction of sp³-hybridized carbons (Fsp3) is 0.423. The Kier molecular flexibility index (Phi) is 6.70. The van der Waals surface area contributed by atoms with Gasteiger partial charge in [0, 0.05) is 41.8 Å². The maximum atomic E-state index is 11.7. The maximum Gasteiger partial charge on any atom is 0.307 e. The fourth-order valence-corrected chi connectivity index (χ4v) is 4.95. The van der Waals surface area contributed by atoms with Crippen molar-refractivity contribution >= 4 is 23.0 Å². The van der Waals surface area contributed by atoms with Crippen LogP contribution in [0.4, 0.5) is 5.69 Å². The van der Waals surface area contributed by atoms with Gasteiger partial charge in [0.25, 0.3) is 0 Å². The smallest absolute Gasteiger partial charge is 0.307 e. The minimum Gasteiger partial charge on any atom is -0.488 e. The van der Waals surface area contributed by atoms with Gasteiger partial charge in [-0.3, -0.25) is 14.8 Å². The molecular formula is C26H31N3O3S. The molecule has 3 heterocycles. The Morgan fingerprint density at radius 1 is 1.15 bits per heavy atom. The molecule has 2 aromatic heterocycles. The van der Waals surface area contributed by atoms with Crippen LogP contribution in [-0.4, -0.2) is 34.1 Å². The number of rotatable bonds is 7. The van der Waals surface area contributed by atoms with Crippen molar-refractivity contribution in [2.45, 2.75) is 53.6 Å². The molecule has 0 radical (unpaired) electrons. The summed E-state index contributed by atoms with van der Waals surface area (Å²) in [5, 5.41) is 9.64. The molecular weight excluding hydrogens is 434 g/mol. The van der Waals surface area contributed by atoms with Gasteiger partial charge < -0.3 is 14.7 Å². The molecule has 33 heavy (non-hydrogen) atoms. The highest BCUT2D eigenvalue weighted by molar-refractivity contribution is 7.09. The van der Waals surface area contributed by atoms with Crippen LogP contribution in [0.2, 0.25) is 0 Å². The predicted octanol–water partition coefficient (Wildman–Crippen LogP) is 5.65. The van der Waals surface area contributed by atoms with Gasteiger partial charge in [0.2, 0.25) is 0 Å². The summed E-state index contributed by atoms with van der Waals surface area (Å²) in [6, 6.07) is 8.03. The van der Waals surface area contributed by atoms with Gasteiger partial charge in [-0.1, -0.05) is 26.0 Å². The van der Waals surface area contributed by atoms with E-state index in [9.17, 15) is 9.90 Å². The molecule has 0 spiro atoms. The number of hydrogen-bond donors (Lipinski definition) is 1. The number of anilines is 1. The highest BCUT2D eigenvalue weighted by atomic mass is 32.1. The second kappa shape index (κ2) is 9.51. The third-order valence-corrected chi connectivity index (χ3v) is 7.18. The monoisotopic (exact) mass is 465 g/mol. The van der Waals surface area contributed by atoms with Crippen molar-refractivity contribution in [2.75, 3.05) is 18.0 Å². The minimum atomic E-state index is -0.833. The fourth-order valence-electron chi connectivity index (χ4n) is 4.45. The van der Waals surface area contributed by atoms with E-state index < -0.39 is 5.97 Å². The normalized spacial score (nSPS) is 15.5. The second-order valence-corrected chi connectivity index (χ2v) is 10.5. The van der Waals surface area contributed by atoms with Gasteiger partial charge in [-0.05, 0) is 49.8 Å². The molecule has 0 bridgehead atoms. The Morgan fingerprint density at radius 3 is 2.45 bits per heavy atom. The van der Waals surface area contributed by atoms with Crippen LogP contribution in [-0.2, 0) is 17.8 Å². The molecule has 174 valence electrons. The Labute approximate surface area is 199 Å². The standard InChI is InChI=1S/C26H31N3O3S/c1-17-22(13-23(30)31)25(29-11-9-26(3,4)10-12-29)24(18(2)28-17)19-5-7-20(8-6-19)32-15-21-14-27-16-33-21/h5-8,14,16H,9-13,15H2,1-4H3,(H,30,31). The number of benzene rings is 1. The first-order valence-corrected chi connectivity index (χ1v) is 12.2. The van der Waals surface area contributed by atoms with Gasteiger partial charge in [-0.25, -0.2) is 0 Å². The average Bonchev–Trinajstić information content (AvgIpc) is 3.28. The summed E-state index contributed by atoms with van der Waals surface area (Å²) < 4.78 is 5.90. The number of aromatic nitrogens is 2. The molecule has 1 N–H and O–H groups in total. The van der Waals surface area contributed by atoms with Crippen LogP contribution in [0.3, 0.4) is 0 Å². The van der Waals surface area contributed by atoms with Crippen LogP contribution in [0.25, 0.3) is 11.1 Å². The number of carbonyl (C=O) groups is 1. The lowest BCUT2D eigenvalue weighted by Crippen LogP contribution is -2.38. The van der Waals surface area contributed by atoms with E-state index in [0.717, 1.165) is 70.3 Å². The molecule has 6 nitrogen and oxygen atoms in total. The zero-order valence-corrected chi connectivity index (χ0v) is 20.5. The van der Waals surface area contributed by atoms with Crippen LogP contribution >= 0.6 is 11.3 Å². The quantitative estimate of drug-likeness (QED) is 0.486. The predicted molar refractivity (Wildman–Crippen MR) is 132 cm³/mol. The summed E-state index contributed by atoms with van der Waals surface area (Å²) in [6.07, 6.45) is 3.93. The van der Waals surface area contributed by atoms with Crippen molar-refractivity contribution < 1.29 is 14.6 Å². The molecule has 3 aromatic rings. The number of carboxylic acid groups (broad SMARTS) is 1. The molecule has 1 aliphatic rings. The van der Waals surface area contributed by atoms with Crippen molar-refractivity contribution in [3.8, 4) is 16.9 Å². The van der Waals surface area contributed by atoms with Crippen molar-refractivity contribution in [1.29, 1.82) is 0 Å². The van der Waals surface area contributed by atoms with Crippen molar-refractivity contribution in [3.05, 3.63) is 57.8 Å². The lowest BCUT2D eigenvalue weighted by Gasteiger charge is -2.40. The number of nitrogens with zero attached hydrogens (tertiary/aromatic N) is 3. The van der Waals surface area contributed by atoms with Gasteiger partial charge in [-0.15, -0.1) is 11.3 Å². The van der Waals surface area contributed by atoms with E-state index in [0.29, 0.717) is 12.0 Å². The minimum absolute atomic E-state index is 0.0304. The summed E-state index contributed by atoms with van der Waals surface area (Å²) in [5.41, 5.74) is 7.69. The Morgan fingerprint density at radius 2 is 1.85 bits per heavy atom. The number of aryl methyl sites for hydroxylation is 2. The molecule has 0 amide bonds. The number of aliphatic carboxylic acids is 1. The second-order valence-electron chi connectivity index (χ2n) is 9.49. The first kappa shape index (κ1) is 23.2. The zero-order valence-electron chi connectivity index (χ0n) is 19.7. The topological polar surface area (TPSA) is 75.6 Å². The van der Waals surface area contributed by atoms with E-state index in [1.54, 1.807) is 16.8 Å². The summed E-state index contributed by atoms with van der Waals surface area (Å²) in [6.45, 7) is 10.8. The number of thiazole rings is 1. The van der Waals surface area contributed by atoms with Gasteiger partial charge in [0.1, 0.15) is 12.4 Å². The summed E-state index contributed by atoms with van der Waals surface area (Å²) in [7, 11) is 0. The molecule has 1 aromatic carbocycles. The molecule has 0 unspecified atom stereocenters. The lowest BCUT2D eigenvalue weighted by atomic mass is 9.82. The molecule has 4 rings (SSSR count). The number of pyridine rings is 1. The maximum absolute atomic E-state index is 11.7. The molecule has 7 heteroatoms. The van der Waals surface area contributed by atoms with E-state index in [2.05, 4.69) is 23.7 Å². The first-order valence-electron chi connectivity index (χ1n) is 11.3. The van der Waals surface area contributed by atoms with E-state index in [4.69, 9.17) is 9.72 Å². The van der Waals surface area contributed by atoms with Crippen LogP contribution in [0.15, 0.2) is 36.0 Å². The highest BCUT2D eigenvalue weighted by Gasteiger charge is 2.30. The third kappa shape index (κ3) is 5.36. The highest BCUT2D eigenvalue weighted by Crippen LogP contribution is 2.41. The summed E-state index contributed by atoms with van der Waals surface area (Å²) in [4.78, 5) is 24.0. The Hall–Kier alpha value is -2.93. The van der Waals surface area contributed by atoms with Crippen molar-refractivity contribution in [1.82, 2.24) is 9.97 Å². The summed E-state index contributed by atoms with van der Waals surface area (Å²) in [5.74, 6) is -0.0444. The number of carboxylic acids is 1. The van der Waals surface area contributed by atoms with Gasteiger partial charge in [-0.2, -0.15) is 0 Å². The Bertz CT molecular complexity index is 1110. The van der Waals surface area contributed by atoms with E-state index in [-0.39, 0.29) is 6.42 Å². The molecule has 0 aliphatic carbocycles. The summed E-state index contributed by atoms with van der Waals surface area (Å²) >= 11 is 1.57. The van der Waals surface area contributed by atoms with Crippen LogP contribution in [0.1, 0.15) is 48.5 Å². The molecule has 1 saturated heterocycles. The number of ether oxygens (including phenoxy) is 1. The number of piperidine rings is 1. The van der Waals surface area contributed by atoms with E-state index in [1.165, 1.54) is 0 Å². The molecule has 0 atom stereocenters. The van der Waals surface area contributed by atoms with Gasteiger partial charge in [0.05, 0.1) is 22.5 Å². The lowest BCUT2D eigenvalue weighted by molar-refractivity contribution is -0.136. The van der Waals surface area contributed by atoms with E-state index >= 15 is 0 Å².